The van der Waals surface area contributed by atoms with Crippen LogP contribution in [-0.2, 0) is 0 Å². The molecule has 12 rings (SSSR count). The van der Waals surface area contributed by atoms with Gasteiger partial charge in [-0.25, -0.2) is 0 Å². The summed E-state index contributed by atoms with van der Waals surface area (Å²) in [5, 5.41) is 7.40. The Morgan fingerprint density at radius 2 is 0.827 bits per heavy atom. The molecule has 242 valence electrons. The molecule has 8 aromatic carbocycles. The van der Waals surface area contributed by atoms with Crippen molar-refractivity contribution in [1.82, 2.24) is 13.7 Å². The highest BCUT2D eigenvalue weighted by Gasteiger charge is 2.24. The van der Waals surface area contributed by atoms with Gasteiger partial charge < -0.3 is 18.4 Å². The molecule has 0 amide bonds. The van der Waals surface area contributed by atoms with E-state index in [1.54, 1.807) is 0 Å². The molecule has 0 N–H and O–H groups in total. The summed E-state index contributed by atoms with van der Waals surface area (Å²) in [6, 6.07) is 63.6. The van der Waals surface area contributed by atoms with Crippen LogP contribution in [0.25, 0.3) is 93.6 Å². The average Bonchev–Trinajstić information content (AvgIpc) is 3.84. The van der Waals surface area contributed by atoms with Gasteiger partial charge in [-0.3, -0.25) is 0 Å². The van der Waals surface area contributed by atoms with Crippen LogP contribution in [0.4, 0.5) is 0 Å². The standard InChI is InChI=1S/C48H29N3O/c1-2-11-32(12-3-1)49-40-16-6-4-13-34(40)37-27-30(21-24-42(37)49)31-22-25-43-38(28-31)35-14-5-7-17-41(35)50(43)33-23-26-44-39(29-33)36-15-10-20-47-48(36)51(44)45-18-8-9-19-46(45)52-47/h1-29H. The molecule has 0 radical (unpaired) electrons. The molecule has 4 nitrogen and oxygen atoms in total. The predicted molar refractivity (Wildman–Crippen MR) is 215 cm³/mol. The number of ether oxygens (including phenoxy) is 1. The van der Waals surface area contributed by atoms with Crippen molar-refractivity contribution in [3.05, 3.63) is 176 Å². The number of benzene rings is 8. The molecular formula is C48H29N3O. The van der Waals surface area contributed by atoms with Gasteiger partial charge in [0.05, 0.1) is 38.8 Å². The van der Waals surface area contributed by atoms with Gasteiger partial charge in [0.1, 0.15) is 0 Å². The van der Waals surface area contributed by atoms with E-state index in [2.05, 4.69) is 177 Å². The van der Waals surface area contributed by atoms with E-state index < -0.39 is 0 Å². The average molecular weight is 664 g/mol. The summed E-state index contributed by atoms with van der Waals surface area (Å²) >= 11 is 0. The van der Waals surface area contributed by atoms with Gasteiger partial charge in [-0.05, 0) is 96.1 Å². The van der Waals surface area contributed by atoms with Crippen LogP contribution in [0.3, 0.4) is 0 Å². The Balaban J connectivity index is 1.05. The van der Waals surface area contributed by atoms with Crippen LogP contribution in [0.15, 0.2) is 176 Å². The molecule has 0 saturated carbocycles. The lowest BCUT2D eigenvalue weighted by atomic mass is 10.0. The molecule has 0 fully saturated rings. The molecule has 0 aliphatic carbocycles. The maximum Gasteiger partial charge on any atom is 0.152 e. The van der Waals surface area contributed by atoms with Gasteiger partial charge in [0.25, 0.3) is 0 Å². The Morgan fingerprint density at radius 1 is 0.308 bits per heavy atom. The van der Waals surface area contributed by atoms with E-state index in [0.717, 1.165) is 28.4 Å². The topological polar surface area (TPSA) is 24.0 Å². The van der Waals surface area contributed by atoms with E-state index in [9.17, 15) is 0 Å². The van der Waals surface area contributed by atoms with E-state index >= 15 is 0 Å². The molecule has 1 aliphatic heterocycles. The van der Waals surface area contributed by atoms with Crippen LogP contribution in [0.1, 0.15) is 0 Å². The van der Waals surface area contributed by atoms with Crippen molar-refractivity contribution in [3.63, 3.8) is 0 Å². The first-order chi connectivity index (χ1) is 25.8. The highest BCUT2D eigenvalue weighted by Crippen LogP contribution is 2.46. The van der Waals surface area contributed by atoms with Crippen molar-refractivity contribution >= 4 is 65.4 Å². The Hall–Kier alpha value is -7.04. The fraction of sp³-hybridized carbons (Fsp3) is 0. The number of nitrogens with zero attached hydrogens (tertiary/aromatic N) is 3. The van der Waals surface area contributed by atoms with Crippen LogP contribution < -0.4 is 4.74 Å². The molecule has 4 heterocycles. The lowest BCUT2D eigenvalue weighted by molar-refractivity contribution is 0.476. The zero-order valence-electron chi connectivity index (χ0n) is 28.0. The third-order valence-corrected chi connectivity index (χ3v) is 11.0. The fourth-order valence-corrected chi connectivity index (χ4v) is 8.78. The number of aromatic nitrogens is 3. The molecule has 0 bridgehead atoms. The van der Waals surface area contributed by atoms with Gasteiger partial charge >= 0.3 is 0 Å². The number of para-hydroxylation sites is 6. The summed E-state index contributed by atoms with van der Waals surface area (Å²) in [4.78, 5) is 0. The van der Waals surface area contributed by atoms with E-state index in [0.29, 0.717) is 0 Å². The summed E-state index contributed by atoms with van der Waals surface area (Å²) < 4.78 is 13.5. The molecule has 1 aliphatic rings. The first kappa shape index (κ1) is 27.7. The second-order valence-electron chi connectivity index (χ2n) is 13.8. The van der Waals surface area contributed by atoms with Crippen molar-refractivity contribution in [2.45, 2.75) is 0 Å². The van der Waals surface area contributed by atoms with Crippen LogP contribution in [0.5, 0.6) is 11.5 Å². The molecule has 0 atom stereocenters. The summed E-state index contributed by atoms with van der Waals surface area (Å²) in [7, 11) is 0. The first-order valence-electron chi connectivity index (χ1n) is 17.8. The fourth-order valence-electron chi connectivity index (χ4n) is 8.78. The predicted octanol–water partition coefficient (Wildman–Crippen LogP) is 12.8. The monoisotopic (exact) mass is 663 g/mol. The highest BCUT2D eigenvalue weighted by molar-refractivity contribution is 6.15. The number of hydrogen-bond donors (Lipinski definition) is 0. The smallest absolute Gasteiger partial charge is 0.152 e. The van der Waals surface area contributed by atoms with Crippen molar-refractivity contribution < 1.29 is 4.74 Å². The molecular weight excluding hydrogens is 635 g/mol. The molecule has 0 unspecified atom stereocenters. The van der Waals surface area contributed by atoms with E-state index in [-0.39, 0.29) is 0 Å². The van der Waals surface area contributed by atoms with Gasteiger partial charge in [0, 0.05) is 43.7 Å². The maximum atomic E-state index is 6.38. The van der Waals surface area contributed by atoms with Crippen LogP contribution in [0.2, 0.25) is 0 Å². The van der Waals surface area contributed by atoms with Crippen molar-refractivity contribution in [3.8, 4) is 39.7 Å². The Kier molecular flexibility index (Phi) is 5.47. The van der Waals surface area contributed by atoms with Crippen LogP contribution >= 0.6 is 0 Å². The number of hydrogen-bond acceptors (Lipinski definition) is 1. The summed E-state index contributed by atoms with van der Waals surface area (Å²) in [6.07, 6.45) is 0. The maximum absolute atomic E-state index is 6.38. The summed E-state index contributed by atoms with van der Waals surface area (Å²) in [5.41, 5.74) is 12.9. The quantitative estimate of drug-likeness (QED) is 0.185. The van der Waals surface area contributed by atoms with Crippen LogP contribution in [0, 0.1) is 0 Å². The van der Waals surface area contributed by atoms with E-state index in [1.165, 1.54) is 76.7 Å². The normalized spacial score (nSPS) is 12.4. The third kappa shape index (κ3) is 3.70. The third-order valence-electron chi connectivity index (χ3n) is 11.0. The second kappa shape index (κ2) is 10.3. The number of rotatable bonds is 3. The molecule has 3 aromatic heterocycles. The Morgan fingerprint density at radius 3 is 1.56 bits per heavy atom. The Bertz CT molecular complexity index is 3270. The van der Waals surface area contributed by atoms with Crippen molar-refractivity contribution in [2.24, 2.45) is 0 Å². The van der Waals surface area contributed by atoms with Crippen molar-refractivity contribution in [1.29, 1.82) is 0 Å². The zero-order chi connectivity index (χ0) is 33.9. The zero-order valence-corrected chi connectivity index (χ0v) is 28.0. The summed E-state index contributed by atoms with van der Waals surface area (Å²) in [6.45, 7) is 0. The minimum Gasteiger partial charge on any atom is -0.453 e. The van der Waals surface area contributed by atoms with Gasteiger partial charge in [-0.15, -0.1) is 0 Å². The van der Waals surface area contributed by atoms with Crippen molar-refractivity contribution in [2.75, 3.05) is 0 Å². The lowest BCUT2D eigenvalue weighted by Crippen LogP contribution is -2.03. The van der Waals surface area contributed by atoms with Gasteiger partial charge in [0.15, 0.2) is 11.5 Å². The minimum atomic E-state index is 0.878. The lowest BCUT2D eigenvalue weighted by Gasteiger charge is -2.20. The van der Waals surface area contributed by atoms with Gasteiger partial charge in [-0.2, -0.15) is 0 Å². The van der Waals surface area contributed by atoms with Gasteiger partial charge in [0.2, 0.25) is 0 Å². The van der Waals surface area contributed by atoms with Gasteiger partial charge in [-0.1, -0.05) is 91.0 Å². The second-order valence-corrected chi connectivity index (χ2v) is 13.8. The van der Waals surface area contributed by atoms with E-state index in [1.807, 2.05) is 12.1 Å². The largest absolute Gasteiger partial charge is 0.453 e. The van der Waals surface area contributed by atoms with E-state index in [4.69, 9.17) is 4.74 Å². The molecule has 52 heavy (non-hydrogen) atoms. The number of fused-ring (bicyclic) bond motifs is 11. The molecule has 11 aromatic rings. The molecule has 4 heteroatoms. The highest BCUT2D eigenvalue weighted by atomic mass is 16.5. The SMILES string of the molecule is c1ccc(-n2c3ccccc3c3cc(-c4ccc5c(c4)c4ccccc4n5-c4ccc5c(c4)c4cccc6c4n5-c4ccccc4O6)ccc32)cc1. The minimum absolute atomic E-state index is 0.878. The Labute approximate surface area is 298 Å². The molecule has 0 saturated heterocycles. The van der Waals surface area contributed by atoms with Crippen LogP contribution in [-0.4, -0.2) is 13.7 Å². The molecule has 0 spiro atoms. The summed E-state index contributed by atoms with van der Waals surface area (Å²) in [5.74, 6) is 1.77. The first-order valence-corrected chi connectivity index (χ1v) is 17.8.